The molecule has 2 aromatic heterocycles. The van der Waals surface area contributed by atoms with Gasteiger partial charge in [-0.1, -0.05) is 6.07 Å². The van der Waals surface area contributed by atoms with Gasteiger partial charge >= 0.3 is 5.97 Å². The van der Waals surface area contributed by atoms with Crippen LogP contribution in [0.2, 0.25) is 0 Å². The molecule has 168 valence electrons. The number of hydrogen-bond acceptors (Lipinski definition) is 7. The van der Waals surface area contributed by atoms with Gasteiger partial charge in [-0.25, -0.2) is 9.18 Å². The van der Waals surface area contributed by atoms with Crippen LogP contribution in [0.3, 0.4) is 0 Å². The summed E-state index contributed by atoms with van der Waals surface area (Å²) in [6.07, 6.45) is 0. The number of nitrogens with one attached hydrogen (secondary N) is 1. The standard InChI is InChI=1S/C23H18FN3O5S/c1-3-32-23(30)19-17-12-33-21(25-20(28)13-7-9-14(24)10-8-13)18(17)22(29)27(26-19)15-5-4-6-16(11-15)31-2/h4-12H,3H2,1-2H3,(H,25,28). The van der Waals surface area contributed by atoms with Gasteiger partial charge in [-0.2, -0.15) is 9.78 Å². The zero-order valence-corrected chi connectivity index (χ0v) is 18.4. The number of hydrogen-bond donors (Lipinski definition) is 1. The second-order valence-corrected chi connectivity index (χ2v) is 7.68. The summed E-state index contributed by atoms with van der Waals surface area (Å²) in [5.74, 6) is -1.21. The molecule has 0 aliphatic rings. The van der Waals surface area contributed by atoms with Crippen LogP contribution >= 0.6 is 11.3 Å². The molecule has 33 heavy (non-hydrogen) atoms. The van der Waals surface area contributed by atoms with Crippen LogP contribution in [0.1, 0.15) is 27.8 Å². The molecule has 4 aromatic rings. The van der Waals surface area contributed by atoms with Crippen molar-refractivity contribution >= 4 is 39.0 Å². The number of aromatic nitrogens is 2. The predicted octanol–water partition coefficient (Wildman–Crippen LogP) is 4.02. The van der Waals surface area contributed by atoms with Crippen molar-refractivity contribution in [3.8, 4) is 11.4 Å². The second kappa shape index (κ2) is 9.21. The first-order valence-corrected chi connectivity index (χ1v) is 10.7. The van der Waals surface area contributed by atoms with E-state index in [4.69, 9.17) is 9.47 Å². The van der Waals surface area contributed by atoms with Gasteiger partial charge in [-0.05, 0) is 43.3 Å². The van der Waals surface area contributed by atoms with Gasteiger partial charge in [0.1, 0.15) is 16.6 Å². The maximum absolute atomic E-state index is 13.4. The smallest absolute Gasteiger partial charge is 0.359 e. The van der Waals surface area contributed by atoms with Crippen LogP contribution in [-0.2, 0) is 4.74 Å². The van der Waals surface area contributed by atoms with Crippen LogP contribution in [-0.4, -0.2) is 35.4 Å². The third kappa shape index (κ3) is 4.33. The number of carbonyl (C=O) groups excluding carboxylic acids is 2. The Bertz CT molecular complexity index is 1410. The Labute approximate surface area is 191 Å². The molecule has 0 bridgehead atoms. The van der Waals surface area contributed by atoms with Gasteiger partial charge in [0, 0.05) is 22.4 Å². The largest absolute Gasteiger partial charge is 0.497 e. The zero-order chi connectivity index (χ0) is 23.5. The lowest BCUT2D eigenvalue weighted by Crippen LogP contribution is -2.25. The van der Waals surface area contributed by atoms with E-state index in [0.29, 0.717) is 11.4 Å². The van der Waals surface area contributed by atoms with E-state index in [9.17, 15) is 18.8 Å². The lowest BCUT2D eigenvalue weighted by Gasteiger charge is -2.11. The van der Waals surface area contributed by atoms with E-state index >= 15 is 0 Å². The van der Waals surface area contributed by atoms with Crippen LogP contribution in [0, 0.1) is 5.82 Å². The molecule has 0 aliphatic carbocycles. The van der Waals surface area contributed by atoms with Gasteiger partial charge in [-0.15, -0.1) is 11.3 Å². The molecule has 0 saturated carbocycles. The van der Waals surface area contributed by atoms with Crippen molar-refractivity contribution in [3.63, 3.8) is 0 Å². The highest BCUT2D eigenvalue weighted by molar-refractivity contribution is 7.16. The third-order valence-electron chi connectivity index (χ3n) is 4.75. The van der Waals surface area contributed by atoms with E-state index in [0.717, 1.165) is 16.0 Å². The molecular formula is C23H18FN3O5S. The molecule has 2 heterocycles. The highest BCUT2D eigenvalue weighted by Crippen LogP contribution is 2.31. The maximum atomic E-state index is 13.4. The van der Waals surface area contributed by atoms with Gasteiger partial charge in [0.05, 0.1) is 24.8 Å². The van der Waals surface area contributed by atoms with Gasteiger partial charge in [0.15, 0.2) is 5.69 Å². The first-order valence-electron chi connectivity index (χ1n) is 9.86. The molecule has 8 nitrogen and oxygen atoms in total. The molecule has 2 aromatic carbocycles. The lowest BCUT2D eigenvalue weighted by atomic mass is 10.2. The summed E-state index contributed by atoms with van der Waals surface area (Å²) in [5, 5.41) is 9.09. The minimum atomic E-state index is -0.701. The Morgan fingerprint density at radius 2 is 1.94 bits per heavy atom. The molecule has 0 atom stereocenters. The minimum absolute atomic E-state index is 0.0622. The van der Waals surface area contributed by atoms with E-state index < -0.39 is 23.3 Å². The van der Waals surface area contributed by atoms with Crippen LogP contribution in [0.5, 0.6) is 5.75 Å². The van der Waals surface area contributed by atoms with E-state index in [1.54, 1.807) is 36.6 Å². The second-order valence-electron chi connectivity index (χ2n) is 6.80. The number of carbonyl (C=O) groups is 2. The minimum Gasteiger partial charge on any atom is -0.497 e. The number of benzene rings is 2. The predicted molar refractivity (Wildman–Crippen MR) is 122 cm³/mol. The molecular weight excluding hydrogens is 449 g/mol. The van der Waals surface area contributed by atoms with Crippen LogP contribution in [0.15, 0.2) is 58.7 Å². The van der Waals surface area contributed by atoms with Gasteiger partial charge < -0.3 is 14.8 Å². The van der Waals surface area contributed by atoms with Crippen molar-refractivity contribution in [2.75, 3.05) is 19.0 Å². The molecule has 1 amide bonds. The molecule has 4 rings (SSSR count). The number of amides is 1. The zero-order valence-electron chi connectivity index (χ0n) is 17.6. The highest BCUT2D eigenvalue weighted by Gasteiger charge is 2.23. The number of methoxy groups -OCH3 is 1. The molecule has 0 saturated heterocycles. The van der Waals surface area contributed by atoms with Gasteiger partial charge in [-0.3, -0.25) is 9.59 Å². The number of fused-ring (bicyclic) bond motifs is 1. The summed E-state index contributed by atoms with van der Waals surface area (Å²) in [6, 6.07) is 11.6. The summed E-state index contributed by atoms with van der Waals surface area (Å²) in [4.78, 5) is 38.7. The Morgan fingerprint density at radius 1 is 1.18 bits per heavy atom. The maximum Gasteiger partial charge on any atom is 0.359 e. The number of rotatable bonds is 6. The first-order chi connectivity index (χ1) is 15.9. The summed E-state index contributed by atoms with van der Waals surface area (Å²) < 4.78 is 24.6. The third-order valence-corrected chi connectivity index (χ3v) is 5.65. The van der Waals surface area contributed by atoms with Crippen molar-refractivity contribution in [3.05, 3.63) is 81.3 Å². The average molecular weight is 467 g/mol. The van der Waals surface area contributed by atoms with Crippen molar-refractivity contribution in [1.82, 2.24) is 9.78 Å². The van der Waals surface area contributed by atoms with Crippen molar-refractivity contribution in [1.29, 1.82) is 0 Å². The Kier molecular flexibility index (Phi) is 6.18. The number of thiophene rings is 1. The topological polar surface area (TPSA) is 99.5 Å². The molecule has 0 radical (unpaired) electrons. The molecule has 10 heteroatoms. The van der Waals surface area contributed by atoms with Crippen molar-refractivity contribution in [2.24, 2.45) is 0 Å². The molecule has 1 N–H and O–H groups in total. The van der Waals surface area contributed by atoms with E-state index in [2.05, 4.69) is 10.4 Å². The highest BCUT2D eigenvalue weighted by atomic mass is 32.1. The molecule has 0 aliphatic heterocycles. The fraction of sp³-hybridized carbons (Fsp3) is 0.130. The average Bonchev–Trinajstić information content (AvgIpc) is 3.24. The van der Waals surface area contributed by atoms with Crippen LogP contribution < -0.4 is 15.6 Å². The molecule has 0 unspecified atom stereocenters. The number of nitrogens with zero attached hydrogens (tertiary/aromatic N) is 2. The SMILES string of the molecule is CCOC(=O)c1nn(-c2cccc(OC)c2)c(=O)c2c(NC(=O)c3ccc(F)cc3)scc12. The number of anilines is 1. The van der Waals surface area contributed by atoms with E-state index in [1.807, 2.05) is 0 Å². The van der Waals surface area contributed by atoms with Crippen LogP contribution in [0.25, 0.3) is 16.5 Å². The fourth-order valence-electron chi connectivity index (χ4n) is 3.19. The Balaban J connectivity index is 1.88. The number of esters is 1. The van der Waals surface area contributed by atoms with Crippen LogP contribution in [0.4, 0.5) is 9.39 Å². The van der Waals surface area contributed by atoms with Crippen molar-refractivity contribution < 1.29 is 23.5 Å². The van der Waals surface area contributed by atoms with E-state index in [1.165, 1.54) is 31.4 Å². The fourth-order valence-corrected chi connectivity index (χ4v) is 4.12. The molecule has 0 fully saturated rings. The molecule has 0 spiro atoms. The number of halogens is 1. The summed E-state index contributed by atoms with van der Waals surface area (Å²) in [5.41, 5.74) is -0.0192. The monoisotopic (exact) mass is 467 g/mol. The first kappa shape index (κ1) is 22.2. The Morgan fingerprint density at radius 3 is 2.64 bits per heavy atom. The van der Waals surface area contributed by atoms with Gasteiger partial charge in [0.2, 0.25) is 0 Å². The summed E-state index contributed by atoms with van der Waals surface area (Å²) in [7, 11) is 1.49. The Hall–Kier alpha value is -4.05. The quantitative estimate of drug-likeness (QED) is 0.430. The van der Waals surface area contributed by atoms with E-state index in [-0.39, 0.29) is 33.6 Å². The van der Waals surface area contributed by atoms with Gasteiger partial charge in [0.25, 0.3) is 11.5 Å². The lowest BCUT2D eigenvalue weighted by molar-refractivity contribution is 0.0520. The summed E-state index contributed by atoms with van der Waals surface area (Å²) in [6.45, 7) is 1.79. The normalized spacial score (nSPS) is 10.8. The number of ether oxygens (including phenoxy) is 2. The van der Waals surface area contributed by atoms with Crippen molar-refractivity contribution in [2.45, 2.75) is 6.92 Å². The summed E-state index contributed by atoms with van der Waals surface area (Å²) >= 11 is 1.07.